The fourth-order valence-corrected chi connectivity index (χ4v) is 3.03. The van der Waals surface area contributed by atoms with Crippen LogP contribution in [-0.4, -0.2) is 31.4 Å². The van der Waals surface area contributed by atoms with E-state index < -0.39 is 0 Å². The number of hydrogen-bond acceptors (Lipinski definition) is 4. The smallest absolute Gasteiger partial charge is 0.103 e. The minimum atomic E-state index is 0.0425. The molecule has 1 aliphatic heterocycles. The van der Waals surface area contributed by atoms with Crippen LogP contribution in [0.15, 0.2) is 23.1 Å². The fourth-order valence-electron chi connectivity index (χ4n) is 2.46. The molecule has 3 nitrogen and oxygen atoms in total. The van der Waals surface area contributed by atoms with Crippen LogP contribution in [0.1, 0.15) is 19.4 Å². The normalized spacial score (nSPS) is 18.4. The Morgan fingerprint density at radius 3 is 2.83 bits per heavy atom. The maximum atomic E-state index is 9.43. The van der Waals surface area contributed by atoms with E-state index in [1.165, 1.54) is 0 Å². The second kappa shape index (κ2) is 5.21. The van der Waals surface area contributed by atoms with Crippen LogP contribution < -0.4 is 10.2 Å². The molecule has 0 aromatic heterocycles. The molecule has 4 heteroatoms. The van der Waals surface area contributed by atoms with Crippen LogP contribution in [0.5, 0.6) is 0 Å². The van der Waals surface area contributed by atoms with Crippen molar-refractivity contribution in [3.8, 4) is 6.07 Å². The number of anilines is 1. The van der Waals surface area contributed by atoms with Gasteiger partial charge in [-0.25, -0.2) is 0 Å². The zero-order chi connectivity index (χ0) is 13.2. The molecule has 0 radical (unpaired) electrons. The Balaban J connectivity index is 2.47. The van der Waals surface area contributed by atoms with Gasteiger partial charge in [-0.05, 0) is 32.2 Å². The van der Waals surface area contributed by atoms with Gasteiger partial charge in [-0.1, -0.05) is 6.07 Å². The lowest BCUT2D eigenvalue weighted by atomic mass is 9.98. The number of piperazine rings is 1. The van der Waals surface area contributed by atoms with E-state index in [4.69, 9.17) is 0 Å². The van der Waals surface area contributed by atoms with E-state index >= 15 is 0 Å². The SMILES string of the molecule is CSc1cccc(N2CCNCC2(C)C)c1C#N. The van der Waals surface area contributed by atoms with E-state index in [-0.39, 0.29) is 5.54 Å². The molecule has 1 fully saturated rings. The molecule has 1 N–H and O–H groups in total. The van der Waals surface area contributed by atoms with Crippen molar-refractivity contribution in [2.45, 2.75) is 24.3 Å². The summed E-state index contributed by atoms with van der Waals surface area (Å²) in [6.07, 6.45) is 2.02. The third kappa shape index (κ3) is 2.33. The predicted molar refractivity (Wildman–Crippen MR) is 77.2 cm³/mol. The fraction of sp³-hybridized carbons (Fsp3) is 0.500. The van der Waals surface area contributed by atoms with Crippen LogP contribution >= 0.6 is 11.8 Å². The predicted octanol–water partition coefficient (Wildman–Crippen LogP) is 2.47. The number of benzene rings is 1. The van der Waals surface area contributed by atoms with Crippen LogP contribution in [0.4, 0.5) is 5.69 Å². The lowest BCUT2D eigenvalue weighted by molar-refractivity contribution is 0.380. The van der Waals surface area contributed by atoms with Crippen molar-refractivity contribution in [2.75, 3.05) is 30.8 Å². The van der Waals surface area contributed by atoms with Gasteiger partial charge in [0.15, 0.2) is 0 Å². The first-order chi connectivity index (χ1) is 8.60. The van der Waals surface area contributed by atoms with E-state index in [9.17, 15) is 5.26 Å². The average molecular weight is 261 g/mol. The maximum Gasteiger partial charge on any atom is 0.103 e. The maximum absolute atomic E-state index is 9.43. The molecular formula is C14H19N3S. The monoisotopic (exact) mass is 261 g/mol. The van der Waals surface area contributed by atoms with Crippen molar-refractivity contribution in [1.82, 2.24) is 5.32 Å². The van der Waals surface area contributed by atoms with Crippen LogP contribution in [0, 0.1) is 11.3 Å². The quantitative estimate of drug-likeness (QED) is 0.830. The summed E-state index contributed by atoms with van der Waals surface area (Å²) >= 11 is 1.63. The Morgan fingerprint density at radius 2 is 2.22 bits per heavy atom. The summed E-state index contributed by atoms with van der Waals surface area (Å²) in [5.74, 6) is 0. The molecule has 0 saturated carbocycles. The Hall–Kier alpha value is -1.18. The van der Waals surface area contributed by atoms with Crippen molar-refractivity contribution in [1.29, 1.82) is 5.26 Å². The summed E-state index contributed by atoms with van der Waals surface area (Å²) in [7, 11) is 0. The van der Waals surface area contributed by atoms with Gasteiger partial charge >= 0.3 is 0 Å². The first-order valence-corrected chi connectivity index (χ1v) is 7.38. The highest BCUT2D eigenvalue weighted by atomic mass is 32.2. The average Bonchev–Trinajstić information content (AvgIpc) is 2.37. The lowest BCUT2D eigenvalue weighted by Gasteiger charge is -2.45. The number of hydrogen-bond donors (Lipinski definition) is 1. The number of nitrogens with zero attached hydrogens (tertiary/aromatic N) is 2. The zero-order valence-electron chi connectivity index (χ0n) is 11.2. The minimum Gasteiger partial charge on any atom is -0.363 e. The van der Waals surface area contributed by atoms with Gasteiger partial charge in [-0.2, -0.15) is 5.26 Å². The van der Waals surface area contributed by atoms with E-state index in [0.29, 0.717) is 0 Å². The highest BCUT2D eigenvalue weighted by Gasteiger charge is 2.31. The van der Waals surface area contributed by atoms with Gasteiger partial charge in [0, 0.05) is 30.1 Å². The van der Waals surface area contributed by atoms with E-state index in [1.807, 2.05) is 18.4 Å². The zero-order valence-corrected chi connectivity index (χ0v) is 12.0. The molecule has 0 aliphatic carbocycles. The van der Waals surface area contributed by atoms with Gasteiger partial charge < -0.3 is 10.2 Å². The molecule has 1 aliphatic rings. The second-order valence-electron chi connectivity index (χ2n) is 5.11. The van der Waals surface area contributed by atoms with Gasteiger partial charge in [0.05, 0.1) is 11.3 Å². The third-order valence-electron chi connectivity index (χ3n) is 3.43. The molecule has 1 saturated heterocycles. The van der Waals surface area contributed by atoms with Crippen molar-refractivity contribution in [2.24, 2.45) is 0 Å². The van der Waals surface area contributed by atoms with Crippen LogP contribution in [0.25, 0.3) is 0 Å². The van der Waals surface area contributed by atoms with Crippen LogP contribution in [0.3, 0.4) is 0 Å². The lowest BCUT2D eigenvalue weighted by Crippen LogP contribution is -2.58. The highest BCUT2D eigenvalue weighted by molar-refractivity contribution is 7.98. The Bertz CT molecular complexity index is 476. The van der Waals surface area contributed by atoms with Crippen LogP contribution in [-0.2, 0) is 0 Å². The van der Waals surface area contributed by atoms with Gasteiger partial charge in [-0.15, -0.1) is 11.8 Å². The number of thioether (sulfide) groups is 1. The van der Waals surface area contributed by atoms with Crippen molar-refractivity contribution in [3.05, 3.63) is 23.8 Å². The summed E-state index contributed by atoms with van der Waals surface area (Å²) in [5, 5.41) is 12.8. The summed E-state index contributed by atoms with van der Waals surface area (Å²) in [6.45, 7) is 7.29. The second-order valence-corrected chi connectivity index (χ2v) is 5.96. The summed E-state index contributed by atoms with van der Waals surface area (Å²) in [6, 6.07) is 8.49. The molecule has 0 amide bonds. The van der Waals surface area contributed by atoms with Crippen LogP contribution in [0.2, 0.25) is 0 Å². The van der Waals surface area contributed by atoms with Crippen molar-refractivity contribution >= 4 is 17.4 Å². The molecule has 1 heterocycles. The number of rotatable bonds is 2. The summed E-state index contributed by atoms with van der Waals surface area (Å²) < 4.78 is 0. The van der Waals surface area contributed by atoms with E-state index in [0.717, 1.165) is 35.8 Å². The first-order valence-electron chi connectivity index (χ1n) is 6.15. The van der Waals surface area contributed by atoms with Gasteiger partial charge in [0.1, 0.15) is 6.07 Å². The van der Waals surface area contributed by atoms with Crippen molar-refractivity contribution in [3.63, 3.8) is 0 Å². The standard InChI is InChI=1S/C14H19N3S/c1-14(2)10-16-7-8-17(14)12-5-4-6-13(18-3)11(12)9-15/h4-6,16H,7-8,10H2,1-3H3. The van der Waals surface area contributed by atoms with Gasteiger partial charge in [-0.3, -0.25) is 0 Å². The largest absolute Gasteiger partial charge is 0.363 e. The highest BCUT2D eigenvalue weighted by Crippen LogP contribution is 2.33. The molecule has 18 heavy (non-hydrogen) atoms. The molecule has 0 unspecified atom stereocenters. The molecule has 0 atom stereocenters. The Morgan fingerprint density at radius 1 is 1.44 bits per heavy atom. The van der Waals surface area contributed by atoms with Crippen molar-refractivity contribution < 1.29 is 0 Å². The Labute approximate surface area is 113 Å². The topological polar surface area (TPSA) is 39.1 Å². The molecule has 0 spiro atoms. The summed E-state index contributed by atoms with van der Waals surface area (Å²) in [4.78, 5) is 3.41. The third-order valence-corrected chi connectivity index (χ3v) is 4.21. The molecule has 96 valence electrons. The van der Waals surface area contributed by atoms with E-state index in [2.05, 4.69) is 36.2 Å². The first kappa shape index (κ1) is 13.3. The molecule has 0 bridgehead atoms. The minimum absolute atomic E-state index is 0.0425. The van der Waals surface area contributed by atoms with Gasteiger partial charge in [0.2, 0.25) is 0 Å². The Kier molecular flexibility index (Phi) is 3.84. The molecule has 1 aromatic rings. The number of nitriles is 1. The van der Waals surface area contributed by atoms with Gasteiger partial charge in [0.25, 0.3) is 0 Å². The number of nitrogens with one attached hydrogen (secondary N) is 1. The molecule has 2 rings (SSSR count). The molecular weight excluding hydrogens is 242 g/mol. The van der Waals surface area contributed by atoms with E-state index in [1.54, 1.807) is 11.8 Å². The molecule has 1 aromatic carbocycles. The summed E-state index contributed by atoms with van der Waals surface area (Å²) in [5.41, 5.74) is 1.91.